The van der Waals surface area contributed by atoms with E-state index in [0.717, 1.165) is 18.7 Å². The molecule has 2 rings (SSSR count). The van der Waals surface area contributed by atoms with Crippen LogP contribution in [0.5, 0.6) is 0 Å². The molecule has 0 aliphatic rings. The second-order valence-corrected chi connectivity index (χ2v) is 5.82. The highest BCUT2D eigenvalue weighted by Crippen LogP contribution is 2.32. The molecule has 0 saturated heterocycles. The van der Waals surface area contributed by atoms with Gasteiger partial charge in [-0.25, -0.2) is 0 Å². The summed E-state index contributed by atoms with van der Waals surface area (Å²) >= 11 is 0. The maximum absolute atomic E-state index is 13.4. The summed E-state index contributed by atoms with van der Waals surface area (Å²) in [6, 6.07) is 4.31. The average Bonchev–Trinajstić information content (AvgIpc) is 2.63. The van der Waals surface area contributed by atoms with Gasteiger partial charge in [-0.2, -0.15) is 13.2 Å². The number of nitrogens with one attached hydrogen (secondary N) is 2. The van der Waals surface area contributed by atoms with E-state index in [-0.39, 0.29) is 16.7 Å². The van der Waals surface area contributed by atoms with Crippen molar-refractivity contribution in [2.75, 3.05) is 11.9 Å². The van der Waals surface area contributed by atoms with Crippen molar-refractivity contribution >= 4 is 17.5 Å². The molecule has 1 heterocycles. The van der Waals surface area contributed by atoms with Crippen LogP contribution in [0.4, 0.5) is 18.9 Å². The molecule has 144 valence electrons. The number of pyridine rings is 1. The minimum atomic E-state index is -4.72. The summed E-state index contributed by atoms with van der Waals surface area (Å²) in [6.07, 6.45) is -1.57. The van der Waals surface area contributed by atoms with E-state index in [4.69, 9.17) is 5.73 Å². The molecule has 27 heavy (non-hydrogen) atoms. The Morgan fingerprint density at radius 3 is 2.48 bits per heavy atom. The second kappa shape index (κ2) is 8.52. The van der Waals surface area contributed by atoms with E-state index in [1.807, 2.05) is 12.2 Å². The minimum absolute atomic E-state index is 0.0196. The number of anilines is 1. The molecule has 4 N–H and O–H groups in total. The van der Waals surface area contributed by atoms with E-state index in [1.165, 1.54) is 30.5 Å². The van der Waals surface area contributed by atoms with Crippen molar-refractivity contribution in [3.05, 3.63) is 59.4 Å². The Morgan fingerprint density at radius 2 is 1.93 bits per heavy atom. The second-order valence-electron chi connectivity index (χ2n) is 5.82. The molecule has 0 fully saturated rings. The molecular formula is C18H19F3N4O2. The number of primary amides is 1. The fraction of sp³-hybridized carbons (Fsp3) is 0.278. The van der Waals surface area contributed by atoms with Crippen molar-refractivity contribution in [1.82, 2.24) is 10.3 Å². The Bertz CT molecular complexity index is 810. The van der Waals surface area contributed by atoms with E-state index in [0.29, 0.717) is 12.2 Å². The Hall–Kier alpha value is -3.10. The van der Waals surface area contributed by atoms with Crippen molar-refractivity contribution in [1.29, 1.82) is 0 Å². The fourth-order valence-corrected chi connectivity index (χ4v) is 2.39. The molecule has 0 aliphatic carbocycles. The summed E-state index contributed by atoms with van der Waals surface area (Å²) in [4.78, 5) is 27.6. The molecule has 0 radical (unpaired) electrons. The number of amides is 2. The molecule has 0 saturated carbocycles. The number of halogens is 3. The van der Waals surface area contributed by atoms with Crippen LogP contribution in [0.3, 0.4) is 0 Å². The topological polar surface area (TPSA) is 97.1 Å². The number of benzene rings is 1. The highest BCUT2D eigenvalue weighted by atomic mass is 19.4. The molecule has 0 aliphatic heterocycles. The van der Waals surface area contributed by atoms with Crippen molar-refractivity contribution in [2.24, 2.45) is 5.73 Å². The normalized spacial score (nSPS) is 12.3. The van der Waals surface area contributed by atoms with Crippen LogP contribution in [0.25, 0.3) is 0 Å². The highest BCUT2D eigenvalue weighted by Gasteiger charge is 2.42. The van der Waals surface area contributed by atoms with Gasteiger partial charge in [-0.15, -0.1) is 0 Å². The maximum Gasteiger partial charge on any atom is 0.412 e. The molecule has 1 unspecified atom stereocenters. The van der Waals surface area contributed by atoms with Crippen LogP contribution in [0.1, 0.15) is 45.7 Å². The zero-order chi connectivity index (χ0) is 20.0. The van der Waals surface area contributed by atoms with Gasteiger partial charge < -0.3 is 16.4 Å². The van der Waals surface area contributed by atoms with Crippen LogP contribution >= 0.6 is 0 Å². The number of hydrogen-bond donors (Lipinski definition) is 3. The van der Waals surface area contributed by atoms with Gasteiger partial charge in [0.05, 0.1) is 0 Å². The fourth-order valence-electron chi connectivity index (χ4n) is 2.39. The van der Waals surface area contributed by atoms with Crippen LogP contribution < -0.4 is 16.4 Å². The molecular weight excluding hydrogens is 361 g/mol. The smallest absolute Gasteiger partial charge is 0.385 e. The number of alkyl halides is 3. The number of aromatic nitrogens is 1. The largest absolute Gasteiger partial charge is 0.412 e. The monoisotopic (exact) mass is 380 g/mol. The first kappa shape index (κ1) is 20.2. The quantitative estimate of drug-likeness (QED) is 0.688. The summed E-state index contributed by atoms with van der Waals surface area (Å²) in [5.41, 5.74) is 5.39. The Kier molecular flexibility index (Phi) is 6.38. The summed E-state index contributed by atoms with van der Waals surface area (Å²) in [6.45, 7) is 2.48. The van der Waals surface area contributed by atoms with E-state index in [9.17, 15) is 22.8 Å². The third-order valence-electron chi connectivity index (χ3n) is 3.68. The lowest BCUT2D eigenvalue weighted by atomic mass is 10.1. The van der Waals surface area contributed by atoms with Gasteiger partial charge in [-0.1, -0.05) is 13.0 Å². The number of carbonyl (C=O) groups excluding carboxylic acids is 2. The van der Waals surface area contributed by atoms with E-state index < -0.39 is 24.0 Å². The third kappa shape index (κ3) is 5.44. The zero-order valence-electron chi connectivity index (χ0n) is 14.5. The summed E-state index contributed by atoms with van der Waals surface area (Å²) in [7, 11) is 0. The molecule has 9 heteroatoms. The van der Waals surface area contributed by atoms with E-state index in [2.05, 4.69) is 10.3 Å². The average molecular weight is 380 g/mol. The predicted molar refractivity (Wildman–Crippen MR) is 94.2 cm³/mol. The van der Waals surface area contributed by atoms with Crippen molar-refractivity contribution in [3.63, 3.8) is 0 Å². The first-order chi connectivity index (χ1) is 12.7. The molecule has 0 spiro atoms. The first-order valence-electron chi connectivity index (χ1n) is 8.18. The van der Waals surface area contributed by atoms with E-state index >= 15 is 0 Å². The molecule has 1 aromatic heterocycles. The Labute approximate surface area is 154 Å². The third-order valence-corrected chi connectivity index (χ3v) is 3.68. The number of rotatable bonds is 7. The van der Waals surface area contributed by atoms with Crippen molar-refractivity contribution in [2.45, 2.75) is 25.6 Å². The van der Waals surface area contributed by atoms with Gasteiger partial charge >= 0.3 is 6.18 Å². The highest BCUT2D eigenvalue weighted by molar-refractivity contribution is 6.00. The van der Waals surface area contributed by atoms with Crippen molar-refractivity contribution in [3.8, 4) is 0 Å². The van der Waals surface area contributed by atoms with Gasteiger partial charge in [0.1, 0.15) is 0 Å². The number of nitrogens with zero attached hydrogens (tertiary/aromatic N) is 1. The lowest BCUT2D eigenvalue weighted by Crippen LogP contribution is -2.38. The van der Waals surface area contributed by atoms with Crippen LogP contribution in [-0.4, -0.2) is 29.5 Å². The van der Waals surface area contributed by atoms with Gasteiger partial charge in [0.25, 0.3) is 5.91 Å². The molecule has 6 nitrogen and oxygen atoms in total. The Balaban J connectivity index is 2.34. The predicted octanol–water partition coefficient (Wildman–Crippen LogP) is 3.04. The van der Waals surface area contributed by atoms with Crippen LogP contribution in [0.15, 0.2) is 42.7 Å². The summed E-state index contributed by atoms with van der Waals surface area (Å²) in [5, 5.41) is 4.94. The minimum Gasteiger partial charge on any atom is -0.385 e. The maximum atomic E-state index is 13.4. The number of nitrogens with two attached hydrogens (primary N) is 1. The summed E-state index contributed by atoms with van der Waals surface area (Å²) in [5.74, 6) is -1.77. The lowest BCUT2D eigenvalue weighted by Gasteiger charge is -2.22. The zero-order valence-corrected chi connectivity index (χ0v) is 14.5. The van der Waals surface area contributed by atoms with Gasteiger partial charge in [0.2, 0.25) is 5.91 Å². The van der Waals surface area contributed by atoms with Crippen LogP contribution in [0, 0.1) is 0 Å². The van der Waals surface area contributed by atoms with Gasteiger partial charge in [0, 0.05) is 41.3 Å². The van der Waals surface area contributed by atoms with Gasteiger partial charge in [0.15, 0.2) is 6.04 Å². The summed E-state index contributed by atoms with van der Waals surface area (Å²) < 4.78 is 40.2. The Morgan fingerprint density at radius 1 is 1.22 bits per heavy atom. The number of carbonyl (C=O) groups is 2. The molecule has 1 atom stereocenters. The van der Waals surface area contributed by atoms with Gasteiger partial charge in [-0.3, -0.25) is 14.6 Å². The molecule has 2 aromatic rings. The SMILES string of the molecule is CCCNc1cc(C(N)=O)cc(C(=O)NC(c2cccnc2)C(F)(F)F)c1. The number of hydrogen-bond acceptors (Lipinski definition) is 4. The molecule has 2 amide bonds. The van der Waals surface area contributed by atoms with E-state index in [1.54, 1.807) is 0 Å². The van der Waals surface area contributed by atoms with Crippen LogP contribution in [0.2, 0.25) is 0 Å². The lowest BCUT2D eigenvalue weighted by molar-refractivity contribution is -0.155. The standard InChI is InChI=1S/C18H19F3N4O2/c1-2-5-24-14-8-12(16(22)26)7-13(9-14)17(27)25-15(18(19,20)21)11-4-3-6-23-10-11/h3-4,6-10,15,24H,2,5H2,1H3,(H2,22,26)(H,25,27). The van der Waals surface area contributed by atoms with Crippen molar-refractivity contribution < 1.29 is 22.8 Å². The van der Waals surface area contributed by atoms with Crippen LogP contribution in [-0.2, 0) is 0 Å². The molecule has 1 aromatic carbocycles. The molecule has 0 bridgehead atoms. The first-order valence-corrected chi connectivity index (χ1v) is 8.18. The van der Waals surface area contributed by atoms with Gasteiger partial charge in [-0.05, 0) is 30.7 Å².